The SMILES string of the molecule is [C-]#[N+]c1c(-n2c3ccccc3c3ccccc32)c(-n2c3ccccc3c3ccccc32)c2c(c1-n1c3ccccc3c3ccccc31)c1cccc3c4ccccc4n2c31. The first-order chi connectivity index (χ1) is 29.8. The van der Waals surface area contributed by atoms with Crippen LogP contribution in [-0.4, -0.2) is 18.1 Å². The van der Waals surface area contributed by atoms with Crippen LogP contribution in [0.2, 0.25) is 0 Å². The van der Waals surface area contributed by atoms with Gasteiger partial charge in [0.2, 0.25) is 5.69 Å². The maximum atomic E-state index is 9.56. The number of benzene rings is 9. The van der Waals surface area contributed by atoms with Crippen LogP contribution >= 0.6 is 0 Å². The lowest BCUT2D eigenvalue weighted by molar-refractivity contribution is 1.09. The molecule has 14 aromatic rings. The van der Waals surface area contributed by atoms with E-state index in [1.54, 1.807) is 0 Å². The minimum Gasteiger partial charge on any atom is -0.318 e. The summed E-state index contributed by atoms with van der Waals surface area (Å²) in [4.78, 5) is 4.78. The molecule has 0 aliphatic rings. The van der Waals surface area contributed by atoms with E-state index in [-0.39, 0.29) is 0 Å². The molecule has 0 saturated heterocycles. The van der Waals surface area contributed by atoms with Crippen LogP contribution in [0.1, 0.15) is 0 Å². The van der Waals surface area contributed by atoms with Gasteiger partial charge in [0, 0.05) is 53.9 Å². The van der Waals surface area contributed by atoms with Crippen molar-refractivity contribution in [2.75, 3.05) is 0 Å². The molecule has 0 atom stereocenters. The van der Waals surface area contributed by atoms with Gasteiger partial charge in [-0.15, -0.1) is 0 Å². The number of rotatable bonds is 3. The lowest BCUT2D eigenvalue weighted by atomic mass is 10.0. The fourth-order valence-corrected chi connectivity index (χ4v) is 10.8. The number of hydrogen-bond donors (Lipinski definition) is 0. The molecule has 5 nitrogen and oxygen atoms in total. The molecule has 0 spiro atoms. The number of nitrogens with zero attached hydrogens (tertiary/aromatic N) is 5. The molecular formula is C55H31N5. The molecule has 5 heterocycles. The van der Waals surface area contributed by atoms with Gasteiger partial charge in [0.05, 0.1) is 73.3 Å². The first kappa shape index (κ1) is 31.7. The zero-order valence-electron chi connectivity index (χ0n) is 32.1. The second-order valence-corrected chi connectivity index (χ2v) is 15.9. The normalized spacial score (nSPS) is 12.3. The van der Waals surface area contributed by atoms with E-state index in [0.29, 0.717) is 5.69 Å². The topological polar surface area (TPSA) is 23.6 Å². The van der Waals surface area contributed by atoms with Crippen LogP contribution in [-0.2, 0) is 0 Å². The highest BCUT2D eigenvalue weighted by Gasteiger charge is 2.33. The predicted molar refractivity (Wildman–Crippen MR) is 250 cm³/mol. The van der Waals surface area contributed by atoms with E-state index < -0.39 is 0 Å². The van der Waals surface area contributed by atoms with Crippen molar-refractivity contribution in [2.24, 2.45) is 0 Å². The largest absolute Gasteiger partial charge is 0.318 e. The Bertz CT molecular complexity index is 4040. The van der Waals surface area contributed by atoms with Gasteiger partial charge in [0.15, 0.2) is 0 Å². The van der Waals surface area contributed by atoms with E-state index in [1.165, 1.54) is 21.5 Å². The molecule has 0 unspecified atom stereocenters. The van der Waals surface area contributed by atoms with Crippen molar-refractivity contribution < 1.29 is 0 Å². The van der Waals surface area contributed by atoms with E-state index in [1.807, 2.05) is 0 Å². The molecule has 0 saturated carbocycles. The Balaban J connectivity index is 1.38. The van der Waals surface area contributed by atoms with E-state index in [2.05, 4.69) is 206 Å². The van der Waals surface area contributed by atoms with Crippen molar-refractivity contribution in [3.63, 3.8) is 0 Å². The highest BCUT2D eigenvalue weighted by atomic mass is 15.1. The summed E-state index contributed by atoms with van der Waals surface area (Å²) in [7, 11) is 0. The van der Waals surface area contributed by atoms with Gasteiger partial charge in [-0.3, -0.25) is 0 Å². The first-order valence-electron chi connectivity index (χ1n) is 20.4. The molecule has 5 heteroatoms. The first-order valence-corrected chi connectivity index (χ1v) is 20.4. The van der Waals surface area contributed by atoms with Crippen LogP contribution in [0, 0.1) is 6.57 Å². The molecule has 14 rings (SSSR count). The van der Waals surface area contributed by atoms with Crippen molar-refractivity contribution in [3.05, 3.63) is 199 Å². The van der Waals surface area contributed by atoms with Crippen LogP contribution < -0.4 is 0 Å². The summed E-state index contributed by atoms with van der Waals surface area (Å²) < 4.78 is 9.74. The molecule has 0 aliphatic carbocycles. The zero-order chi connectivity index (χ0) is 39.2. The second kappa shape index (κ2) is 11.4. The summed E-state index contributed by atoms with van der Waals surface area (Å²) in [6.45, 7) is 9.56. The average molecular weight is 762 g/mol. The maximum Gasteiger partial charge on any atom is 0.236 e. The number of hydrogen-bond acceptors (Lipinski definition) is 0. The summed E-state index contributed by atoms with van der Waals surface area (Å²) in [6.07, 6.45) is 0. The average Bonchev–Trinajstić information content (AvgIpc) is 4.10. The van der Waals surface area contributed by atoms with E-state index >= 15 is 0 Å². The second-order valence-electron chi connectivity index (χ2n) is 15.9. The van der Waals surface area contributed by atoms with Crippen LogP contribution in [0.3, 0.4) is 0 Å². The quantitative estimate of drug-likeness (QED) is 0.160. The molecular weight excluding hydrogens is 731 g/mol. The van der Waals surface area contributed by atoms with Crippen LogP contribution in [0.4, 0.5) is 5.69 Å². The molecule has 60 heavy (non-hydrogen) atoms. The van der Waals surface area contributed by atoms with Gasteiger partial charge in [-0.05, 0) is 42.5 Å². The Kier molecular flexibility index (Phi) is 6.03. The van der Waals surface area contributed by atoms with Gasteiger partial charge in [-0.1, -0.05) is 146 Å². The smallest absolute Gasteiger partial charge is 0.236 e. The van der Waals surface area contributed by atoms with Gasteiger partial charge in [-0.2, -0.15) is 0 Å². The fourth-order valence-electron chi connectivity index (χ4n) is 10.8. The highest BCUT2D eigenvalue weighted by molar-refractivity contribution is 6.30. The van der Waals surface area contributed by atoms with Gasteiger partial charge in [-0.25, -0.2) is 4.85 Å². The van der Waals surface area contributed by atoms with Crippen LogP contribution in [0.5, 0.6) is 0 Å². The number of fused-ring (bicyclic) bond motifs is 15. The minimum atomic E-state index is 0.593. The number of aromatic nitrogens is 4. The third-order valence-corrected chi connectivity index (χ3v) is 13.1. The molecule has 0 aliphatic heterocycles. The third-order valence-electron chi connectivity index (χ3n) is 13.1. The standard InChI is InChI=1S/C55H31N5/c1-56-50-52(57-42-26-9-2-17-33(42)34-18-3-10-27-43(34)57)49-41-25-16-24-40-39-23-8-15-32-48(39)60(51(40)41)53(49)55(59-46-30-13-6-21-37(46)38-22-7-14-31-47(38)59)54(50)58-44-28-11-4-19-35(44)36-20-5-12-29-45(36)58/h2-32H. The zero-order valence-corrected chi connectivity index (χ0v) is 32.1. The van der Waals surface area contributed by atoms with Gasteiger partial charge in [0.1, 0.15) is 0 Å². The van der Waals surface area contributed by atoms with E-state index in [0.717, 1.165) is 99.0 Å². The fraction of sp³-hybridized carbons (Fsp3) is 0. The van der Waals surface area contributed by atoms with Crippen LogP contribution in [0.15, 0.2) is 188 Å². The molecule has 5 aromatic heterocycles. The lowest BCUT2D eigenvalue weighted by Gasteiger charge is -2.24. The van der Waals surface area contributed by atoms with Crippen molar-refractivity contribution in [2.45, 2.75) is 0 Å². The Morgan fingerprint density at radius 1 is 0.283 bits per heavy atom. The van der Waals surface area contributed by atoms with Crippen LogP contribution in [0.25, 0.3) is 125 Å². The Labute approximate surface area is 342 Å². The Hall–Kier alpha value is -8.33. The van der Waals surface area contributed by atoms with Crippen molar-refractivity contribution >= 4 is 109 Å². The summed E-state index contributed by atoms with van der Waals surface area (Å²) in [5.74, 6) is 0. The predicted octanol–water partition coefficient (Wildman–Crippen LogP) is 14.7. The molecule has 0 fully saturated rings. The molecule has 0 N–H and O–H groups in total. The summed E-state index contributed by atoms with van der Waals surface area (Å²) in [6, 6.07) is 67.6. The summed E-state index contributed by atoms with van der Waals surface area (Å²) >= 11 is 0. The van der Waals surface area contributed by atoms with Gasteiger partial charge in [0.25, 0.3) is 0 Å². The van der Waals surface area contributed by atoms with E-state index in [4.69, 9.17) is 4.85 Å². The summed E-state index contributed by atoms with van der Waals surface area (Å²) in [5.41, 5.74) is 13.1. The molecule has 0 radical (unpaired) electrons. The van der Waals surface area contributed by atoms with Gasteiger partial charge >= 0.3 is 0 Å². The molecule has 0 bridgehead atoms. The Morgan fingerprint density at radius 2 is 0.600 bits per heavy atom. The highest BCUT2D eigenvalue weighted by Crippen LogP contribution is 2.53. The summed E-state index contributed by atoms with van der Waals surface area (Å²) in [5, 5.41) is 11.5. The molecule has 0 amide bonds. The van der Waals surface area contributed by atoms with Gasteiger partial charge < -0.3 is 18.1 Å². The monoisotopic (exact) mass is 761 g/mol. The molecule has 276 valence electrons. The maximum absolute atomic E-state index is 9.56. The van der Waals surface area contributed by atoms with Crippen molar-refractivity contribution in [1.82, 2.24) is 18.1 Å². The lowest BCUT2D eigenvalue weighted by Crippen LogP contribution is -2.09. The Morgan fingerprint density at radius 3 is 1.02 bits per heavy atom. The van der Waals surface area contributed by atoms with Crippen molar-refractivity contribution in [3.8, 4) is 17.1 Å². The number of para-hydroxylation sites is 8. The van der Waals surface area contributed by atoms with E-state index in [9.17, 15) is 6.57 Å². The van der Waals surface area contributed by atoms with Crippen molar-refractivity contribution in [1.29, 1.82) is 0 Å². The minimum absolute atomic E-state index is 0.593. The third kappa shape index (κ3) is 3.77. The molecule has 9 aromatic carbocycles.